The number of thiophene rings is 1. The van der Waals surface area contributed by atoms with Crippen LogP contribution in [-0.4, -0.2) is 34.3 Å². The van der Waals surface area contributed by atoms with E-state index in [1.54, 1.807) is 11.1 Å². The Morgan fingerprint density at radius 3 is 2.73 bits per heavy atom. The molecule has 1 aromatic carbocycles. The lowest BCUT2D eigenvalue weighted by atomic mass is 9.96. The smallest absolute Gasteiger partial charge is 0.322 e. The molecule has 150 valence electrons. The largest absolute Gasteiger partial charge is 0.331 e. The highest BCUT2D eigenvalue weighted by atomic mass is 32.1. The minimum atomic E-state index is -1.33. The molecule has 4 amide bonds. The molecule has 5 rings (SSSR count). The maximum atomic E-state index is 13.0. The van der Waals surface area contributed by atoms with Crippen LogP contribution in [0.3, 0.4) is 0 Å². The predicted molar refractivity (Wildman–Crippen MR) is 112 cm³/mol. The second-order valence-electron chi connectivity index (χ2n) is 7.51. The van der Waals surface area contributed by atoms with Crippen LogP contribution in [0.1, 0.15) is 26.4 Å². The summed E-state index contributed by atoms with van der Waals surface area (Å²) in [5.74, 6) is -0.592. The topological polar surface area (TPSA) is 91.4 Å². The summed E-state index contributed by atoms with van der Waals surface area (Å²) < 4.78 is 0. The summed E-state index contributed by atoms with van der Waals surface area (Å²) in [4.78, 5) is 45.5. The van der Waals surface area contributed by atoms with Gasteiger partial charge in [0.15, 0.2) is 5.54 Å². The molecule has 0 bridgehead atoms. The molecule has 1 unspecified atom stereocenters. The van der Waals surface area contributed by atoms with Crippen molar-refractivity contribution in [2.75, 3.05) is 6.54 Å². The molecule has 0 saturated carbocycles. The minimum absolute atomic E-state index is 0.0549. The van der Waals surface area contributed by atoms with Crippen molar-refractivity contribution in [1.82, 2.24) is 20.5 Å². The van der Waals surface area contributed by atoms with Gasteiger partial charge in [0.05, 0.1) is 17.1 Å². The number of urea groups is 1. The summed E-state index contributed by atoms with van der Waals surface area (Å²) in [6.07, 6.45) is 1.71. The average Bonchev–Trinajstić information content (AvgIpc) is 3.41. The van der Waals surface area contributed by atoms with Crippen LogP contribution in [0.25, 0.3) is 10.6 Å². The van der Waals surface area contributed by atoms with E-state index < -0.39 is 17.5 Å². The molecular weight excluding hydrogens is 400 g/mol. The number of aryl methyl sites for hydroxylation is 1. The lowest BCUT2D eigenvalue weighted by molar-refractivity contribution is -0.124. The fourth-order valence-electron chi connectivity index (χ4n) is 3.96. The minimum Gasteiger partial charge on any atom is -0.331 e. The zero-order valence-corrected chi connectivity index (χ0v) is 17.0. The van der Waals surface area contributed by atoms with E-state index in [1.807, 2.05) is 55.5 Å². The summed E-state index contributed by atoms with van der Waals surface area (Å²) in [7, 11) is 0. The first-order valence-corrected chi connectivity index (χ1v) is 10.3. The lowest BCUT2D eigenvalue weighted by Crippen LogP contribution is -2.52. The maximum Gasteiger partial charge on any atom is 0.322 e. The van der Waals surface area contributed by atoms with E-state index in [-0.39, 0.29) is 12.5 Å². The van der Waals surface area contributed by atoms with Gasteiger partial charge in [0, 0.05) is 23.2 Å². The van der Waals surface area contributed by atoms with Gasteiger partial charge in [-0.25, -0.2) is 4.79 Å². The van der Waals surface area contributed by atoms with Gasteiger partial charge in [-0.05, 0) is 42.8 Å². The van der Waals surface area contributed by atoms with Crippen molar-refractivity contribution in [3.63, 3.8) is 0 Å². The Bertz CT molecular complexity index is 1190. The molecule has 8 heteroatoms. The maximum absolute atomic E-state index is 13.0. The normalized spacial score (nSPS) is 20.3. The molecular formula is C22H18N4O3S. The quantitative estimate of drug-likeness (QED) is 0.638. The van der Waals surface area contributed by atoms with Crippen LogP contribution < -0.4 is 10.6 Å². The molecule has 0 aliphatic carbocycles. The second-order valence-corrected chi connectivity index (χ2v) is 8.60. The molecule has 0 spiro atoms. The number of amides is 4. The van der Waals surface area contributed by atoms with Crippen molar-refractivity contribution in [3.05, 3.63) is 76.3 Å². The Morgan fingerprint density at radius 2 is 2.00 bits per heavy atom. The molecule has 3 aromatic rings. The number of aromatic nitrogens is 1. The van der Waals surface area contributed by atoms with Gasteiger partial charge in [-0.3, -0.25) is 19.9 Å². The van der Waals surface area contributed by atoms with Crippen molar-refractivity contribution in [1.29, 1.82) is 0 Å². The second kappa shape index (κ2) is 6.77. The number of imide groups is 1. The SMILES string of the molecule is Cc1ccc2c(c1)C(=O)N(CC1(c3ccc(-c4ccccn4)s3)NC(=O)NC1=O)C2. The number of carbonyl (C=O) groups is 3. The Kier molecular flexibility index (Phi) is 4.18. The fourth-order valence-corrected chi connectivity index (χ4v) is 5.07. The number of benzene rings is 1. The van der Waals surface area contributed by atoms with Crippen molar-refractivity contribution in [2.45, 2.75) is 19.0 Å². The van der Waals surface area contributed by atoms with Gasteiger partial charge >= 0.3 is 6.03 Å². The zero-order valence-electron chi connectivity index (χ0n) is 16.1. The molecule has 2 aromatic heterocycles. The van der Waals surface area contributed by atoms with Crippen LogP contribution in [0, 0.1) is 6.92 Å². The van der Waals surface area contributed by atoms with E-state index in [9.17, 15) is 14.4 Å². The molecule has 2 aliphatic heterocycles. The van der Waals surface area contributed by atoms with E-state index >= 15 is 0 Å². The van der Waals surface area contributed by atoms with Gasteiger partial charge in [0.25, 0.3) is 11.8 Å². The number of hydrogen-bond acceptors (Lipinski definition) is 5. The Balaban J connectivity index is 1.51. The van der Waals surface area contributed by atoms with Crippen molar-refractivity contribution in [2.24, 2.45) is 0 Å². The first kappa shape index (κ1) is 18.5. The lowest BCUT2D eigenvalue weighted by Gasteiger charge is -2.30. The Labute approximate surface area is 176 Å². The number of pyridine rings is 1. The number of fused-ring (bicyclic) bond motifs is 1. The highest BCUT2D eigenvalue weighted by molar-refractivity contribution is 7.15. The fraction of sp³-hybridized carbons (Fsp3) is 0.182. The van der Waals surface area contributed by atoms with Gasteiger partial charge in [0.2, 0.25) is 0 Å². The van der Waals surface area contributed by atoms with Crippen LogP contribution in [-0.2, 0) is 16.9 Å². The number of nitrogens with zero attached hydrogens (tertiary/aromatic N) is 2. The van der Waals surface area contributed by atoms with E-state index in [2.05, 4.69) is 15.6 Å². The van der Waals surface area contributed by atoms with E-state index in [4.69, 9.17) is 0 Å². The highest BCUT2D eigenvalue weighted by Crippen LogP contribution is 2.37. The third-order valence-electron chi connectivity index (χ3n) is 5.46. The van der Waals surface area contributed by atoms with Crippen molar-refractivity contribution < 1.29 is 14.4 Å². The van der Waals surface area contributed by atoms with Crippen LogP contribution in [0.5, 0.6) is 0 Å². The van der Waals surface area contributed by atoms with Gasteiger partial charge in [-0.2, -0.15) is 0 Å². The molecule has 2 aliphatic rings. The summed E-state index contributed by atoms with van der Waals surface area (Å²) in [6.45, 7) is 2.39. The number of nitrogens with one attached hydrogen (secondary N) is 2. The Morgan fingerprint density at radius 1 is 1.13 bits per heavy atom. The number of carbonyl (C=O) groups excluding carboxylic acids is 3. The molecule has 30 heavy (non-hydrogen) atoms. The monoisotopic (exact) mass is 418 g/mol. The van der Waals surface area contributed by atoms with Crippen LogP contribution in [0.15, 0.2) is 54.7 Å². The molecule has 1 saturated heterocycles. The summed E-state index contributed by atoms with van der Waals surface area (Å²) in [5, 5.41) is 5.12. The van der Waals surface area contributed by atoms with E-state index in [0.29, 0.717) is 17.0 Å². The van der Waals surface area contributed by atoms with Crippen molar-refractivity contribution >= 4 is 29.2 Å². The molecule has 2 N–H and O–H groups in total. The summed E-state index contributed by atoms with van der Waals surface area (Å²) in [6, 6.07) is 14.5. The first-order chi connectivity index (χ1) is 14.5. The van der Waals surface area contributed by atoms with Gasteiger partial charge < -0.3 is 10.2 Å². The van der Waals surface area contributed by atoms with E-state index in [0.717, 1.165) is 21.7 Å². The van der Waals surface area contributed by atoms with Crippen molar-refractivity contribution in [3.8, 4) is 10.6 Å². The number of rotatable bonds is 4. The third kappa shape index (κ3) is 2.88. The molecule has 0 radical (unpaired) electrons. The van der Waals surface area contributed by atoms with Crippen LogP contribution in [0.2, 0.25) is 0 Å². The molecule has 1 fully saturated rings. The zero-order chi connectivity index (χ0) is 20.9. The summed E-state index contributed by atoms with van der Waals surface area (Å²) >= 11 is 1.38. The van der Waals surface area contributed by atoms with Gasteiger partial charge in [-0.1, -0.05) is 23.8 Å². The third-order valence-corrected chi connectivity index (χ3v) is 6.73. The number of hydrogen-bond donors (Lipinski definition) is 2. The predicted octanol–water partition coefficient (Wildman–Crippen LogP) is 2.81. The highest BCUT2D eigenvalue weighted by Gasteiger charge is 2.51. The van der Waals surface area contributed by atoms with Crippen LogP contribution >= 0.6 is 11.3 Å². The van der Waals surface area contributed by atoms with Gasteiger partial charge in [0.1, 0.15) is 0 Å². The van der Waals surface area contributed by atoms with Crippen LogP contribution in [0.4, 0.5) is 4.79 Å². The molecule has 7 nitrogen and oxygen atoms in total. The first-order valence-electron chi connectivity index (χ1n) is 9.50. The molecule has 1 atom stereocenters. The van der Waals surface area contributed by atoms with Gasteiger partial charge in [-0.15, -0.1) is 11.3 Å². The molecule has 4 heterocycles. The average molecular weight is 418 g/mol. The van der Waals surface area contributed by atoms with E-state index in [1.165, 1.54) is 11.3 Å². The standard InChI is InChI=1S/C22H18N4O3S/c1-13-5-6-14-11-26(19(27)15(14)10-13)12-22(20(28)24-21(29)25-22)18-8-7-17(30-18)16-4-2-3-9-23-16/h2-10H,11-12H2,1H3,(H2,24,25,28,29). The summed E-state index contributed by atoms with van der Waals surface area (Å²) in [5.41, 5.74) is 2.03. The Hall–Kier alpha value is -3.52.